The Morgan fingerprint density at radius 3 is 2.24 bits per heavy atom. The van der Waals surface area contributed by atoms with Crippen LogP contribution < -0.4 is 0 Å². The van der Waals surface area contributed by atoms with Crippen LogP contribution in [0.15, 0.2) is 0 Å². The fraction of sp³-hybridized carbons (Fsp3) is 0.846. The van der Waals surface area contributed by atoms with Crippen molar-refractivity contribution >= 4 is 11.9 Å². The molecule has 0 aliphatic carbocycles. The van der Waals surface area contributed by atoms with Gasteiger partial charge in [0.05, 0.1) is 7.11 Å². The molecular weight excluding hydrogens is 218 g/mol. The highest BCUT2D eigenvalue weighted by atomic mass is 16.5. The summed E-state index contributed by atoms with van der Waals surface area (Å²) in [5.74, 6) is -0.0703. The van der Waals surface area contributed by atoms with Gasteiger partial charge in [-0.15, -0.1) is 0 Å². The molecule has 17 heavy (non-hydrogen) atoms. The van der Waals surface area contributed by atoms with E-state index in [0.29, 0.717) is 12.3 Å². The molecule has 0 N–H and O–H groups in total. The summed E-state index contributed by atoms with van der Waals surface area (Å²) in [4.78, 5) is 24.3. The molecule has 0 aliphatic heterocycles. The number of amides is 1. The first-order chi connectivity index (χ1) is 7.65. The lowest BCUT2D eigenvalue weighted by Gasteiger charge is -2.24. The Hall–Kier alpha value is -1.06. The van der Waals surface area contributed by atoms with Crippen LogP contribution in [0.1, 0.15) is 40.5 Å². The second-order valence-corrected chi connectivity index (χ2v) is 5.90. The third kappa shape index (κ3) is 7.77. The van der Waals surface area contributed by atoms with E-state index in [-0.39, 0.29) is 23.8 Å². The molecule has 0 saturated heterocycles. The molecule has 0 radical (unpaired) electrons. The molecule has 0 saturated carbocycles. The van der Waals surface area contributed by atoms with Crippen LogP contribution in [0.3, 0.4) is 0 Å². The van der Waals surface area contributed by atoms with E-state index < -0.39 is 0 Å². The number of nitrogens with zero attached hydrogens (tertiary/aromatic N) is 1. The van der Waals surface area contributed by atoms with Gasteiger partial charge in [0.1, 0.15) is 6.54 Å². The molecule has 0 spiro atoms. The molecule has 0 fully saturated rings. The molecule has 0 rings (SSSR count). The summed E-state index contributed by atoms with van der Waals surface area (Å²) in [6.07, 6.45) is 1.47. The van der Waals surface area contributed by atoms with E-state index in [1.807, 2.05) is 0 Å². The summed E-state index contributed by atoms with van der Waals surface area (Å²) in [5, 5.41) is 0. The number of hydrogen-bond acceptors (Lipinski definition) is 3. The lowest BCUT2D eigenvalue weighted by atomic mass is 9.84. The van der Waals surface area contributed by atoms with Gasteiger partial charge in [0.25, 0.3) is 0 Å². The summed E-state index contributed by atoms with van der Waals surface area (Å²) in [6.45, 7) is 8.57. The number of carbonyl (C=O) groups is 2. The molecule has 0 heterocycles. The van der Waals surface area contributed by atoms with Crippen LogP contribution in [0, 0.1) is 11.3 Å². The van der Waals surface area contributed by atoms with Crippen LogP contribution >= 0.6 is 0 Å². The van der Waals surface area contributed by atoms with E-state index in [2.05, 4.69) is 32.4 Å². The number of hydrogen-bond donors (Lipinski definition) is 0. The Bertz CT molecular complexity index is 268. The van der Waals surface area contributed by atoms with Gasteiger partial charge in [-0.05, 0) is 17.8 Å². The summed E-state index contributed by atoms with van der Waals surface area (Å²) in [6, 6.07) is 0. The molecule has 1 atom stereocenters. The number of esters is 1. The van der Waals surface area contributed by atoms with E-state index in [9.17, 15) is 9.59 Å². The van der Waals surface area contributed by atoms with Crippen molar-refractivity contribution in [3.8, 4) is 0 Å². The lowest BCUT2D eigenvalue weighted by molar-refractivity contribution is -0.146. The van der Waals surface area contributed by atoms with Gasteiger partial charge in [-0.25, -0.2) is 0 Å². The van der Waals surface area contributed by atoms with Crippen LogP contribution in [0.4, 0.5) is 0 Å². The Kier molecular flexibility index (Phi) is 6.21. The first-order valence-corrected chi connectivity index (χ1v) is 5.96. The number of rotatable bonds is 5. The van der Waals surface area contributed by atoms with Gasteiger partial charge in [0.15, 0.2) is 0 Å². The number of methoxy groups -OCH3 is 1. The zero-order valence-corrected chi connectivity index (χ0v) is 11.9. The van der Waals surface area contributed by atoms with Gasteiger partial charge >= 0.3 is 5.97 Å². The Morgan fingerprint density at radius 2 is 1.82 bits per heavy atom. The van der Waals surface area contributed by atoms with Crippen molar-refractivity contribution in [2.45, 2.75) is 40.5 Å². The highest BCUT2D eigenvalue weighted by Gasteiger charge is 2.20. The Morgan fingerprint density at radius 1 is 1.29 bits per heavy atom. The van der Waals surface area contributed by atoms with Crippen molar-refractivity contribution in [3.63, 3.8) is 0 Å². The SMILES string of the molecule is COC(=O)CN(C)C(=O)CC(C)CC(C)(C)C. The van der Waals surface area contributed by atoms with Crippen molar-refractivity contribution in [1.29, 1.82) is 0 Å². The van der Waals surface area contributed by atoms with Gasteiger partial charge in [0, 0.05) is 13.5 Å². The summed E-state index contributed by atoms with van der Waals surface area (Å²) in [7, 11) is 2.95. The quantitative estimate of drug-likeness (QED) is 0.694. The monoisotopic (exact) mass is 243 g/mol. The Labute approximate surface area is 104 Å². The minimum atomic E-state index is -0.385. The van der Waals surface area contributed by atoms with Crippen molar-refractivity contribution < 1.29 is 14.3 Å². The molecular formula is C13H25NO3. The fourth-order valence-corrected chi connectivity index (χ4v) is 1.92. The lowest BCUT2D eigenvalue weighted by Crippen LogP contribution is -2.33. The molecule has 4 nitrogen and oxygen atoms in total. The molecule has 0 aromatic carbocycles. The number of carbonyl (C=O) groups excluding carboxylic acids is 2. The van der Waals surface area contributed by atoms with Gasteiger partial charge in [-0.2, -0.15) is 0 Å². The minimum absolute atomic E-state index is 0.00727. The molecule has 0 bridgehead atoms. The standard InChI is InChI=1S/C13H25NO3/c1-10(8-13(2,3)4)7-11(15)14(5)9-12(16)17-6/h10H,7-9H2,1-6H3. The maximum atomic E-state index is 11.8. The second-order valence-electron chi connectivity index (χ2n) is 5.90. The predicted molar refractivity (Wildman–Crippen MR) is 67.5 cm³/mol. The van der Waals surface area contributed by atoms with E-state index in [1.165, 1.54) is 12.0 Å². The minimum Gasteiger partial charge on any atom is -0.468 e. The van der Waals surface area contributed by atoms with E-state index in [1.54, 1.807) is 7.05 Å². The Balaban J connectivity index is 4.12. The first-order valence-electron chi connectivity index (χ1n) is 5.96. The molecule has 100 valence electrons. The van der Waals surface area contributed by atoms with Crippen LogP contribution in [0.2, 0.25) is 0 Å². The maximum Gasteiger partial charge on any atom is 0.325 e. The zero-order chi connectivity index (χ0) is 13.6. The first kappa shape index (κ1) is 15.9. The van der Waals surface area contributed by atoms with Gasteiger partial charge in [-0.3, -0.25) is 9.59 Å². The topological polar surface area (TPSA) is 46.6 Å². The largest absolute Gasteiger partial charge is 0.468 e. The maximum absolute atomic E-state index is 11.8. The summed E-state index contributed by atoms with van der Waals surface area (Å²) in [5.41, 5.74) is 0.223. The molecule has 0 aromatic rings. The van der Waals surface area contributed by atoms with Crippen molar-refractivity contribution in [2.75, 3.05) is 20.7 Å². The molecule has 4 heteroatoms. The van der Waals surface area contributed by atoms with E-state index in [0.717, 1.165) is 6.42 Å². The second kappa shape index (κ2) is 6.62. The molecule has 1 unspecified atom stereocenters. The number of ether oxygens (including phenoxy) is 1. The third-order valence-corrected chi connectivity index (χ3v) is 2.50. The molecule has 0 aromatic heterocycles. The van der Waals surface area contributed by atoms with Crippen molar-refractivity contribution in [2.24, 2.45) is 11.3 Å². The average Bonchev–Trinajstić information content (AvgIpc) is 2.14. The molecule has 1 amide bonds. The predicted octanol–water partition coefficient (Wildman–Crippen LogP) is 2.08. The molecule has 0 aliphatic rings. The van der Waals surface area contributed by atoms with Crippen LogP contribution in [0.5, 0.6) is 0 Å². The van der Waals surface area contributed by atoms with Gasteiger partial charge in [-0.1, -0.05) is 27.7 Å². The normalized spacial score (nSPS) is 13.1. The fourth-order valence-electron chi connectivity index (χ4n) is 1.92. The third-order valence-electron chi connectivity index (χ3n) is 2.50. The average molecular weight is 243 g/mol. The van der Waals surface area contributed by atoms with E-state index in [4.69, 9.17) is 0 Å². The van der Waals surface area contributed by atoms with Gasteiger partial charge < -0.3 is 9.64 Å². The highest BCUT2D eigenvalue weighted by Crippen LogP contribution is 2.26. The van der Waals surface area contributed by atoms with Crippen LogP contribution in [0.25, 0.3) is 0 Å². The van der Waals surface area contributed by atoms with Gasteiger partial charge in [0.2, 0.25) is 5.91 Å². The van der Waals surface area contributed by atoms with Crippen LogP contribution in [-0.4, -0.2) is 37.5 Å². The number of likely N-dealkylation sites (N-methyl/N-ethyl adjacent to an activating group) is 1. The summed E-state index contributed by atoms with van der Waals surface area (Å²) < 4.78 is 4.52. The smallest absolute Gasteiger partial charge is 0.325 e. The summed E-state index contributed by atoms with van der Waals surface area (Å²) >= 11 is 0. The van der Waals surface area contributed by atoms with Crippen molar-refractivity contribution in [3.05, 3.63) is 0 Å². The zero-order valence-electron chi connectivity index (χ0n) is 11.9. The van der Waals surface area contributed by atoms with Crippen LogP contribution in [-0.2, 0) is 14.3 Å². The van der Waals surface area contributed by atoms with E-state index >= 15 is 0 Å². The van der Waals surface area contributed by atoms with Crippen molar-refractivity contribution in [1.82, 2.24) is 4.90 Å². The highest BCUT2D eigenvalue weighted by molar-refractivity contribution is 5.81.